The number of fused-ring (bicyclic) bond motifs is 1. The van der Waals surface area contributed by atoms with Crippen LogP contribution in [0.15, 0.2) is 42.5 Å². The van der Waals surface area contributed by atoms with Crippen LogP contribution in [0.2, 0.25) is 0 Å². The van der Waals surface area contributed by atoms with Crippen LogP contribution in [0.3, 0.4) is 0 Å². The quantitative estimate of drug-likeness (QED) is 0.925. The summed E-state index contributed by atoms with van der Waals surface area (Å²) in [5.74, 6) is -0.249. The zero-order chi connectivity index (χ0) is 14.7. The van der Waals surface area contributed by atoms with Gasteiger partial charge in [-0.1, -0.05) is 30.3 Å². The molecule has 2 nitrogen and oxygen atoms in total. The van der Waals surface area contributed by atoms with Gasteiger partial charge in [0, 0.05) is 6.54 Å². The fourth-order valence-corrected chi connectivity index (χ4v) is 3.00. The van der Waals surface area contributed by atoms with E-state index in [-0.39, 0.29) is 11.9 Å². The largest absolute Gasteiger partial charge is 0.369 e. The third-order valence-corrected chi connectivity index (χ3v) is 4.02. The third kappa shape index (κ3) is 3.31. The number of halogens is 1. The minimum Gasteiger partial charge on any atom is -0.369 e. The lowest BCUT2D eigenvalue weighted by Gasteiger charge is -2.25. The average Bonchev–Trinajstić information content (AvgIpc) is 2.52. The molecule has 2 aromatic carbocycles. The zero-order valence-corrected chi connectivity index (χ0v) is 12.0. The fourth-order valence-electron chi connectivity index (χ4n) is 3.00. The van der Waals surface area contributed by atoms with Crippen molar-refractivity contribution in [1.82, 2.24) is 0 Å². The van der Waals surface area contributed by atoms with Crippen LogP contribution in [0.1, 0.15) is 41.2 Å². The molecule has 0 bridgehead atoms. The van der Waals surface area contributed by atoms with Crippen LogP contribution in [-0.2, 0) is 24.3 Å². The molecular weight excluding hydrogens is 265 g/mol. The van der Waals surface area contributed by atoms with E-state index in [0.29, 0.717) is 13.2 Å². The molecule has 2 aromatic rings. The van der Waals surface area contributed by atoms with Gasteiger partial charge in [-0.25, -0.2) is 4.39 Å². The fraction of sp³-hybridized carbons (Fsp3) is 0.333. The molecule has 21 heavy (non-hydrogen) atoms. The van der Waals surface area contributed by atoms with E-state index in [1.54, 1.807) is 0 Å². The molecule has 0 aliphatic heterocycles. The Hall–Kier alpha value is -1.71. The maximum atomic E-state index is 13.5. The standard InChI is InChI=1S/C18H20FNO/c19-16-9-13(11-20)8-14(10-16)12-21-18-7-3-5-15-4-1-2-6-17(15)18/h1-2,4,6,8-10,18H,3,5,7,11-12,20H2. The van der Waals surface area contributed by atoms with Crippen LogP contribution in [-0.4, -0.2) is 0 Å². The van der Waals surface area contributed by atoms with Crippen molar-refractivity contribution in [2.45, 2.75) is 38.5 Å². The number of nitrogens with two attached hydrogens (primary N) is 1. The molecule has 3 heteroatoms. The topological polar surface area (TPSA) is 35.2 Å². The van der Waals surface area contributed by atoms with Crippen molar-refractivity contribution in [3.8, 4) is 0 Å². The van der Waals surface area contributed by atoms with Crippen molar-refractivity contribution in [3.63, 3.8) is 0 Å². The summed E-state index contributed by atoms with van der Waals surface area (Å²) in [6, 6.07) is 13.3. The second-order valence-corrected chi connectivity index (χ2v) is 5.56. The van der Waals surface area contributed by atoms with Gasteiger partial charge < -0.3 is 10.5 Å². The van der Waals surface area contributed by atoms with Crippen LogP contribution in [0.5, 0.6) is 0 Å². The van der Waals surface area contributed by atoms with Crippen LogP contribution in [0.4, 0.5) is 4.39 Å². The molecule has 1 aliphatic carbocycles. The molecule has 0 saturated heterocycles. The zero-order valence-electron chi connectivity index (χ0n) is 12.0. The summed E-state index contributed by atoms with van der Waals surface area (Å²) in [5.41, 5.74) is 9.88. The van der Waals surface area contributed by atoms with E-state index in [1.165, 1.54) is 23.3 Å². The highest BCUT2D eigenvalue weighted by Crippen LogP contribution is 2.33. The molecule has 0 aromatic heterocycles. The predicted molar refractivity (Wildman–Crippen MR) is 81.2 cm³/mol. The molecule has 0 fully saturated rings. The Labute approximate surface area is 124 Å². The van der Waals surface area contributed by atoms with Crippen LogP contribution in [0.25, 0.3) is 0 Å². The van der Waals surface area contributed by atoms with Crippen LogP contribution < -0.4 is 5.73 Å². The molecule has 0 heterocycles. The molecule has 3 rings (SSSR count). The Morgan fingerprint density at radius 2 is 1.95 bits per heavy atom. The van der Waals surface area contributed by atoms with Crippen molar-refractivity contribution in [2.75, 3.05) is 0 Å². The van der Waals surface area contributed by atoms with Crippen LogP contribution in [0, 0.1) is 5.82 Å². The molecule has 110 valence electrons. The van der Waals surface area contributed by atoms with Crippen molar-refractivity contribution in [2.24, 2.45) is 5.73 Å². The van der Waals surface area contributed by atoms with Gasteiger partial charge in [-0.2, -0.15) is 0 Å². The number of ether oxygens (including phenoxy) is 1. The van der Waals surface area contributed by atoms with Gasteiger partial charge in [0.25, 0.3) is 0 Å². The summed E-state index contributed by atoms with van der Waals surface area (Å²) in [6.07, 6.45) is 3.39. The van der Waals surface area contributed by atoms with Crippen molar-refractivity contribution >= 4 is 0 Å². The van der Waals surface area contributed by atoms with Gasteiger partial charge in [0.2, 0.25) is 0 Å². The second kappa shape index (κ2) is 6.37. The highest BCUT2D eigenvalue weighted by atomic mass is 19.1. The molecule has 0 amide bonds. The Morgan fingerprint density at radius 3 is 2.81 bits per heavy atom. The summed E-state index contributed by atoms with van der Waals surface area (Å²) in [7, 11) is 0. The van der Waals surface area contributed by atoms with Crippen LogP contribution >= 0.6 is 0 Å². The first-order chi connectivity index (χ1) is 10.3. The predicted octanol–water partition coefficient (Wildman–Crippen LogP) is 3.88. The molecule has 1 aliphatic rings. The van der Waals surface area contributed by atoms with Crippen molar-refractivity contribution < 1.29 is 9.13 Å². The van der Waals surface area contributed by atoms with Crippen molar-refractivity contribution in [1.29, 1.82) is 0 Å². The monoisotopic (exact) mass is 285 g/mol. The first-order valence-electron chi connectivity index (χ1n) is 7.44. The molecule has 2 N–H and O–H groups in total. The highest BCUT2D eigenvalue weighted by Gasteiger charge is 2.20. The molecule has 1 atom stereocenters. The van der Waals surface area contributed by atoms with Gasteiger partial charge in [0.1, 0.15) is 5.82 Å². The SMILES string of the molecule is NCc1cc(F)cc(COC2CCCc3ccccc32)c1. The first kappa shape index (κ1) is 14.2. The summed E-state index contributed by atoms with van der Waals surface area (Å²) in [6.45, 7) is 0.765. The Balaban J connectivity index is 1.73. The van der Waals surface area contributed by atoms with E-state index in [0.717, 1.165) is 30.4 Å². The summed E-state index contributed by atoms with van der Waals surface area (Å²) >= 11 is 0. The first-order valence-corrected chi connectivity index (χ1v) is 7.44. The molecule has 1 unspecified atom stereocenters. The number of aryl methyl sites for hydroxylation is 1. The molecule has 0 spiro atoms. The van der Waals surface area contributed by atoms with E-state index in [2.05, 4.69) is 24.3 Å². The minimum absolute atomic E-state index is 0.111. The summed E-state index contributed by atoms with van der Waals surface area (Å²) < 4.78 is 19.6. The lowest BCUT2D eigenvalue weighted by molar-refractivity contribution is 0.0281. The van der Waals surface area contributed by atoms with Gasteiger partial charge in [0.05, 0.1) is 12.7 Å². The van der Waals surface area contributed by atoms with E-state index < -0.39 is 0 Å². The highest BCUT2D eigenvalue weighted by molar-refractivity contribution is 5.31. The number of benzene rings is 2. The Bertz CT molecular complexity index is 626. The van der Waals surface area contributed by atoms with E-state index >= 15 is 0 Å². The van der Waals surface area contributed by atoms with Gasteiger partial charge in [0.15, 0.2) is 0 Å². The molecule has 0 saturated carbocycles. The van der Waals surface area contributed by atoms with E-state index in [9.17, 15) is 4.39 Å². The van der Waals surface area contributed by atoms with Gasteiger partial charge >= 0.3 is 0 Å². The minimum atomic E-state index is -0.249. The number of rotatable bonds is 4. The van der Waals surface area contributed by atoms with Gasteiger partial charge in [-0.05, 0) is 53.6 Å². The van der Waals surface area contributed by atoms with E-state index in [1.807, 2.05) is 6.07 Å². The summed E-state index contributed by atoms with van der Waals surface area (Å²) in [4.78, 5) is 0. The van der Waals surface area contributed by atoms with E-state index in [4.69, 9.17) is 10.5 Å². The Morgan fingerprint density at radius 1 is 1.14 bits per heavy atom. The third-order valence-electron chi connectivity index (χ3n) is 4.02. The molecule has 0 radical (unpaired) electrons. The second-order valence-electron chi connectivity index (χ2n) is 5.56. The number of hydrogen-bond acceptors (Lipinski definition) is 2. The maximum Gasteiger partial charge on any atom is 0.123 e. The van der Waals surface area contributed by atoms with Gasteiger partial charge in [-0.3, -0.25) is 0 Å². The smallest absolute Gasteiger partial charge is 0.123 e. The lowest BCUT2D eigenvalue weighted by Crippen LogP contribution is -2.13. The summed E-state index contributed by atoms with van der Waals surface area (Å²) in [5, 5.41) is 0. The Kier molecular flexibility index (Phi) is 4.32. The number of hydrogen-bond donors (Lipinski definition) is 1. The normalized spacial score (nSPS) is 17.5. The maximum absolute atomic E-state index is 13.5. The lowest BCUT2D eigenvalue weighted by atomic mass is 9.89. The average molecular weight is 285 g/mol. The van der Waals surface area contributed by atoms with Gasteiger partial charge in [-0.15, -0.1) is 0 Å². The van der Waals surface area contributed by atoms with Crippen molar-refractivity contribution in [3.05, 3.63) is 70.5 Å². The molecular formula is C18H20FNO.